The molecule has 18 heavy (non-hydrogen) atoms. The minimum atomic E-state index is 0.399. The normalized spacial score (nSPS) is 12.6. The van der Waals surface area contributed by atoms with Gasteiger partial charge >= 0.3 is 0 Å². The maximum absolute atomic E-state index is 5.99. The highest BCUT2D eigenvalue weighted by Gasteiger charge is 2.05. The smallest absolute Gasteiger partial charge is 0.0470 e. The lowest BCUT2D eigenvalue weighted by atomic mass is 10.2. The summed E-state index contributed by atoms with van der Waals surface area (Å²) in [4.78, 5) is 0. The Morgan fingerprint density at radius 1 is 1.33 bits per heavy atom. The van der Waals surface area contributed by atoms with Crippen LogP contribution in [0.2, 0.25) is 5.02 Å². The van der Waals surface area contributed by atoms with Crippen molar-refractivity contribution in [3.8, 4) is 0 Å². The summed E-state index contributed by atoms with van der Waals surface area (Å²) < 4.78 is 2.19. The molecular weight excluding hydrogens is 244 g/mol. The van der Waals surface area contributed by atoms with Crippen LogP contribution in [-0.4, -0.2) is 11.1 Å². The Bertz CT molecular complexity index is 505. The van der Waals surface area contributed by atoms with Crippen molar-refractivity contribution in [3.63, 3.8) is 0 Å². The molecule has 3 heteroatoms. The van der Waals surface area contributed by atoms with E-state index >= 15 is 0 Å². The molecule has 0 aliphatic heterocycles. The van der Waals surface area contributed by atoms with Gasteiger partial charge in [0, 0.05) is 30.0 Å². The molecular formula is C15H19ClN2. The summed E-state index contributed by atoms with van der Waals surface area (Å²) >= 11 is 5.99. The average molecular weight is 263 g/mol. The lowest BCUT2D eigenvalue weighted by Gasteiger charge is -2.10. The molecule has 0 fully saturated rings. The van der Waals surface area contributed by atoms with Crippen LogP contribution in [0.4, 0.5) is 0 Å². The predicted molar refractivity (Wildman–Crippen MR) is 77.1 cm³/mol. The third kappa shape index (κ3) is 3.37. The number of benzene rings is 1. The minimum absolute atomic E-state index is 0.399. The maximum Gasteiger partial charge on any atom is 0.0470 e. The molecule has 0 aliphatic carbocycles. The minimum Gasteiger partial charge on any atom is -0.350 e. The van der Waals surface area contributed by atoms with Gasteiger partial charge < -0.3 is 9.88 Å². The summed E-state index contributed by atoms with van der Waals surface area (Å²) in [5.41, 5.74) is 2.54. The first-order chi connectivity index (χ1) is 8.69. The summed E-state index contributed by atoms with van der Waals surface area (Å²) in [7, 11) is 0. The monoisotopic (exact) mass is 262 g/mol. The van der Waals surface area contributed by atoms with Gasteiger partial charge in [0.15, 0.2) is 0 Å². The molecule has 2 aromatic rings. The third-order valence-corrected chi connectivity index (χ3v) is 3.27. The van der Waals surface area contributed by atoms with E-state index in [1.807, 2.05) is 18.2 Å². The predicted octanol–water partition coefficient (Wildman–Crippen LogP) is 3.86. The highest BCUT2D eigenvalue weighted by molar-refractivity contribution is 6.30. The Morgan fingerprint density at radius 2 is 2.17 bits per heavy atom. The van der Waals surface area contributed by atoms with Crippen LogP contribution < -0.4 is 5.32 Å². The van der Waals surface area contributed by atoms with Crippen LogP contribution in [-0.2, 0) is 6.54 Å². The van der Waals surface area contributed by atoms with Crippen molar-refractivity contribution in [3.05, 3.63) is 58.9 Å². The summed E-state index contributed by atoms with van der Waals surface area (Å²) in [5, 5.41) is 4.21. The topological polar surface area (TPSA) is 17.0 Å². The number of rotatable bonds is 5. The van der Waals surface area contributed by atoms with Gasteiger partial charge in [-0.2, -0.15) is 0 Å². The van der Waals surface area contributed by atoms with Crippen molar-refractivity contribution in [1.82, 2.24) is 9.88 Å². The van der Waals surface area contributed by atoms with E-state index in [0.29, 0.717) is 6.04 Å². The quantitative estimate of drug-likeness (QED) is 0.866. The molecule has 1 heterocycles. The van der Waals surface area contributed by atoms with Crippen LogP contribution in [0, 0.1) is 0 Å². The van der Waals surface area contributed by atoms with Crippen molar-refractivity contribution in [1.29, 1.82) is 0 Å². The summed E-state index contributed by atoms with van der Waals surface area (Å²) in [6.07, 6.45) is 4.30. The SMILES string of the molecule is CCNC(C)c1ccn(Cc2cccc(Cl)c2)c1. The molecule has 0 aliphatic rings. The second-order valence-electron chi connectivity index (χ2n) is 4.53. The fourth-order valence-corrected chi connectivity index (χ4v) is 2.30. The molecule has 1 N–H and O–H groups in total. The fraction of sp³-hybridized carbons (Fsp3) is 0.333. The molecule has 0 saturated carbocycles. The second-order valence-corrected chi connectivity index (χ2v) is 4.96. The van der Waals surface area contributed by atoms with Crippen LogP contribution in [0.15, 0.2) is 42.7 Å². The molecule has 1 aromatic heterocycles. The van der Waals surface area contributed by atoms with E-state index in [4.69, 9.17) is 11.6 Å². The molecule has 0 saturated heterocycles. The Hall–Kier alpha value is -1.25. The number of halogens is 1. The zero-order chi connectivity index (χ0) is 13.0. The van der Waals surface area contributed by atoms with Crippen LogP contribution in [0.5, 0.6) is 0 Å². The molecule has 96 valence electrons. The number of nitrogens with one attached hydrogen (secondary N) is 1. The first kappa shape index (κ1) is 13.2. The Labute approximate surface area is 114 Å². The van der Waals surface area contributed by atoms with E-state index in [-0.39, 0.29) is 0 Å². The first-order valence-electron chi connectivity index (χ1n) is 6.32. The van der Waals surface area contributed by atoms with E-state index in [1.165, 1.54) is 11.1 Å². The van der Waals surface area contributed by atoms with E-state index in [0.717, 1.165) is 18.1 Å². The van der Waals surface area contributed by atoms with Gasteiger partial charge in [-0.1, -0.05) is 30.7 Å². The van der Waals surface area contributed by atoms with E-state index in [9.17, 15) is 0 Å². The standard InChI is InChI=1S/C15H19ClN2/c1-3-17-12(2)14-7-8-18(11-14)10-13-5-4-6-15(16)9-13/h4-9,11-12,17H,3,10H2,1-2H3. The van der Waals surface area contributed by atoms with Gasteiger partial charge in [0.25, 0.3) is 0 Å². The van der Waals surface area contributed by atoms with Crippen molar-refractivity contribution in [2.75, 3.05) is 6.54 Å². The average Bonchev–Trinajstić information content (AvgIpc) is 2.78. The van der Waals surface area contributed by atoms with Crippen LogP contribution in [0.3, 0.4) is 0 Å². The van der Waals surface area contributed by atoms with Gasteiger partial charge in [-0.15, -0.1) is 0 Å². The zero-order valence-electron chi connectivity index (χ0n) is 10.9. The fourth-order valence-electron chi connectivity index (χ4n) is 2.08. The maximum atomic E-state index is 5.99. The van der Waals surface area contributed by atoms with Gasteiger partial charge in [0.2, 0.25) is 0 Å². The van der Waals surface area contributed by atoms with Crippen molar-refractivity contribution < 1.29 is 0 Å². The Balaban J connectivity index is 2.06. The van der Waals surface area contributed by atoms with Gasteiger partial charge in [-0.05, 0) is 42.8 Å². The van der Waals surface area contributed by atoms with Crippen LogP contribution in [0.25, 0.3) is 0 Å². The van der Waals surface area contributed by atoms with E-state index in [2.05, 4.69) is 48.3 Å². The molecule has 0 amide bonds. The molecule has 1 aromatic carbocycles. The van der Waals surface area contributed by atoms with Gasteiger partial charge in [-0.25, -0.2) is 0 Å². The zero-order valence-corrected chi connectivity index (χ0v) is 11.6. The number of hydrogen-bond acceptors (Lipinski definition) is 1. The van der Waals surface area contributed by atoms with E-state index < -0.39 is 0 Å². The molecule has 0 bridgehead atoms. The summed E-state index contributed by atoms with van der Waals surface area (Å²) in [5.74, 6) is 0. The van der Waals surface area contributed by atoms with Crippen molar-refractivity contribution in [2.24, 2.45) is 0 Å². The largest absolute Gasteiger partial charge is 0.350 e. The highest BCUT2D eigenvalue weighted by atomic mass is 35.5. The Morgan fingerprint density at radius 3 is 2.89 bits per heavy atom. The number of hydrogen-bond donors (Lipinski definition) is 1. The van der Waals surface area contributed by atoms with E-state index in [1.54, 1.807) is 0 Å². The third-order valence-electron chi connectivity index (χ3n) is 3.04. The number of aromatic nitrogens is 1. The van der Waals surface area contributed by atoms with Gasteiger partial charge in [0.05, 0.1) is 0 Å². The number of nitrogens with zero attached hydrogens (tertiary/aromatic N) is 1. The Kier molecular flexibility index (Phi) is 4.45. The van der Waals surface area contributed by atoms with Crippen molar-refractivity contribution in [2.45, 2.75) is 26.4 Å². The molecule has 2 rings (SSSR count). The molecule has 1 atom stereocenters. The molecule has 2 nitrogen and oxygen atoms in total. The molecule has 1 unspecified atom stereocenters. The highest BCUT2D eigenvalue weighted by Crippen LogP contribution is 2.15. The lowest BCUT2D eigenvalue weighted by molar-refractivity contribution is 0.596. The second kappa shape index (κ2) is 6.07. The van der Waals surface area contributed by atoms with Crippen LogP contribution in [0.1, 0.15) is 31.0 Å². The molecule has 0 spiro atoms. The van der Waals surface area contributed by atoms with Crippen LogP contribution >= 0.6 is 11.6 Å². The lowest BCUT2D eigenvalue weighted by Crippen LogP contribution is -2.17. The van der Waals surface area contributed by atoms with Gasteiger partial charge in [0.1, 0.15) is 0 Å². The van der Waals surface area contributed by atoms with Crippen molar-refractivity contribution >= 4 is 11.6 Å². The summed E-state index contributed by atoms with van der Waals surface area (Å²) in [6.45, 7) is 6.15. The van der Waals surface area contributed by atoms with Gasteiger partial charge in [-0.3, -0.25) is 0 Å². The first-order valence-corrected chi connectivity index (χ1v) is 6.70. The summed E-state index contributed by atoms with van der Waals surface area (Å²) in [6, 6.07) is 10.6. The molecule has 0 radical (unpaired) electrons.